The molecule has 0 aliphatic heterocycles. The molecule has 1 aromatic heterocycles. The molecule has 0 aliphatic carbocycles. The van der Waals surface area contributed by atoms with Crippen LogP contribution < -0.4 is 0 Å². The maximum absolute atomic E-state index is 5.71. The number of fused-ring (bicyclic) bond motifs is 1. The molecular formula is C12H12ClNS2. The Bertz CT molecular complexity index is 471. The summed E-state index contributed by atoms with van der Waals surface area (Å²) >= 11 is 9.22. The van der Waals surface area contributed by atoms with Gasteiger partial charge in [-0.15, -0.1) is 22.9 Å². The lowest BCUT2D eigenvalue weighted by molar-refractivity contribution is 1.30. The van der Waals surface area contributed by atoms with Crippen molar-refractivity contribution in [2.24, 2.45) is 0 Å². The third kappa shape index (κ3) is 3.00. The molecule has 2 aromatic rings. The maximum Gasteiger partial charge on any atom is 0.151 e. The molecule has 4 heteroatoms. The van der Waals surface area contributed by atoms with Crippen LogP contribution >= 0.6 is 34.7 Å². The van der Waals surface area contributed by atoms with Crippen LogP contribution in [0.2, 0.25) is 0 Å². The van der Waals surface area contributed by atoms with Crippen molar-refractivity contribution < 1.29 is 0 Å². The van der Waals surface area contributed by atoms with E-state index in [9.17, 15) is 0 Å². The number of thioether (sulfide) groups is 1. The molecular weight excluding hydrogens is 258 g/mol. The predicted molar refractivity (Wildman–Crippen MR) is 74.8 cm³/mol. The zero-order chi connectivity index (χ0) is 11.4. The van der Waals surface area contributed by atoms with E-state index < -0.39 is 0 Å². The second kappa shape index (κ2) is 5.71. The standard InChI is InChI=1S/C12H12ClNS2/c1-9(8-13)6-7-15-12-14-10-4-2-3-5-11(10)16-12/h2-6H,7-8H2,1H3/b9-6+. The third-order valence-corrected chi connectivity index (χ3v) is 4.65. The van der Waals surface area contributed by atoms with Crippen LogP contribution in [-0.4, -0.2) is 16.6 Å². The molecule has 0 saturated carbocycles. The Balaban J connectivity index is 2.05. The highest BCUT2D eigenvalue weighted by molar-refractivity contribution is 8.01. The van der Waals surface area contributed by atoms with Crippen molar-refractivity contribution in [1.29, 1.82) is 0 Å². The number of allylic oxidation sites excluding steroid dienone is 1. The van der Waals surface area contributed by atoms with Gasteiger partial charge in [0.2, 0.25) is 0 Å². The zero-order valence-electron chi connectivity index (χ0n) is 8.94. The highest BCUT2D eigenvalue weighted by atomic mass is 35.5. The lowest BCUT2D eigenvalue weighted by Gasteiger charge is -1.93. The molecule has 1 heterocycles. The van der Waals surface area contributed by atoms with E-state index in [1.54, 1.807) is 23.1 Å². The van der Waals surface area contributed by atoms with Crippen molar-refractivity contribution in [3.05, 3.63) is 35.9 Å². The first-order valence-corrected chi connectivity index (χ1v) is 7.33. The third-order valence-electron chi connectivity index (χ3n) is 2.12. The molecule has 84 valence electrons. The first kappa shape index (κ1) is 12.0. The lowest BCUT2D eigenvalue weighted by atomic mass is 10.3. The van der Waals surface area contributed by atoms with Gasteiger partial charge in [0, 0.05) is 11.6 Å². The molecule has 0 atom stereocenters. The van der Waals surface area contributed by atoms with Crippen LogP contribution in [0.25, 0.3) is 10.2 Å². The molecule has 1 nitrogen and oxygen atoms in total. The average Bonchev–Trinajstić information content (AvgIpc) is 2.71. The topological polar surface area (TPSA) is 12.9 Å². The first-order valence-electron chi connectivity index (χ1n) is 4.99. The summed E-state index contributed by atoms with van der Waals surface area (Å²) in [6.45, 7) is 2.05. The van der Waals surface area contributed by atoms with Gasteiger partial charge in [-0.2, -0.15) is 0 Å². The Morgan fingerprint density at radius 2 is 2.31 bits per heavy atom. The number of benzene rings is 1. The Labute approximate surface area is 109 Å². The van der Waals surface area contributed by atoms with E-state index >= 15 is 0 Å². The summed E-state index contributed by atoms with van der Waals surface area (Å²) in [5.41, 5.74) is 2.31. The molecule has 0 saturated heterocycles. The molecule has 0 aliphatic rings. The van der Waals surface area contributed by atoms with E-state index in [2.05, 4.69) is 23.2 Å². The number of aromatic nitrogens is 1. The van der Waals surface area contributed by atoms with Crippen molar-refractivity contribution in [2.75, 3.05) is 11.6 Å². The van der Waals surface area contributed by atoms with E-state index in [0.717, 1.165) is 15.6 Å². The minimum atomic E-state index is 0.612. The summed E-state index contributed by atoms with van der Waals surface area (Å²) < 4.78 is 2.38. The fourth-order valence-corrected chi connectivity index (χ4v) is 3.41. The molecule has 0 bridgehead atoms. The number of nitrogens with zero attached hydrogens (tertiary/aromatic N) is 1. The molecule has 0 fully saturated rings. The summed E-state index contributed by atoms with van der Waals surface area (Å²) in [5.74, 6) is 1.55. The van der Waals surface area contributed by atoms with Crippen molar-refractivity contribution in [2.45, 2.75) is 11.3 Å². The molecule has 0 spiro atoms. The summed E-state index contributed by atoms with van der Waals surface area (Å²) in [4.78, 5) is 4.55. The van der Waals surface area contributed by atoms with Crippen molar-refractivity contribution in [1.82, 2.24) is 4.98 Å². The Kier molecular flexibility index (Phi) is 4.27. The summed E-state index contributed by atoms with van der Waals surface area (Å²) in [6.07, 6.45) is 2.16. The van der Waals surface area contributed by atoms with Crippen LogP contribution in [0.5, 0.6) is 0 Å². The first-order chi connectivity index (χ1) is 7.79. The van der Waals surface area contributed by atoms with Gasteiger partial charge in [-0.3, -0.25) is 0 Å². The highest BCUT2D eigenvalue weighted by Crippen LogP contribution is 2.29. The number of hydrogen-bond acceptors (Lipinski definition) is 3. The molecule has 0 radical (unpaired) electrons. The van der Waals surface area contributed by atoms with Crippen LogP contribution in [0.1, 0.15) is 6.92 Å². The van der Waals surface area contributed by atoms with E-state index in [1.165, 1.54) is 10.3 Å². The number of rotatable bonds is 4. The quantitative estimate of drug-likeness (QED) is 0.458. The Hall–Kier alpha value is -0.510. The molecule has 1 aromatic carbocycles. The monoisotopic (exact) mass is 269 g/mol. The summed E-state index contributed by atoms with van der Waals surface area (Å²) in [5, 5.41) is 0. The second-order valence-electron chi connectivity index (χ2n) is 3.44. The van der Waals surface area contributed by atoms with E-state index in [1.807, 2.05) is 19.1 Å². The van der Waals surface area contributed by atoms with Gasteiger partial charge in [-0.05, 0) is 19.1 Å². The van der Waals surface area contributed by atoms with Crippen LogP contribution in [-0.2, 0) is 0 Å². The van der Waals surface area contributed by atoms with Gasteiger partial charge in [0.15, 0.2) is 4.34 Å². The van der Waals surface area contributed by atoms with E-state index in [-0.39, 0.29) is 0 Å². The van der Waals surface area contributed by atoms with Crippen molar-refractivity contribution in [3.8, 4) is 0 Å². The van der Waals surface area contributed by atoms with Crippen molar-refractivity contribution in [3.63, 3.8) is 0 Å². The number of alkyl halides is 1. The minimum absolute atomic E-state index is 0.612. The van der Waals surface area contributed by atoms with Crippen LogP contribution in [0.3, 0.4) is 0 Å². The maximum atomic E-state index is 5.71. The predicted octanol–water partition coefficient (Wildman–Crippen LogP) is 4.57. The van der Waals surface area contributed by atoms with Crippen LogP contribution in [0.15, 0.2) is 40.3 Å². The largest absolute Gasteiger partial charge is 0.230 e. The normalized spacial score (nSPS) is 12.2. The lowest BCUT2D eigenvalue weighted by Crippen LogP contribution is -1.79. The summed E-state index contributed by atoms with van der Waals surface area (Å²) in [6, 6.07) is 8.23. The SMILES string of the molecule is C/C(=C\CSc1nc2ccccc2s1)CCl. The Morgan fingerprint density at radius 1 is 1.50 bits per heavy atom. The van der Waals surface area contributed by atoms with Gasteiger partial charge in [-0.1, -0.05) is 35.5 Å². The number of thiazole rings is 1. The van der Waals surface area contributed by atoms with Gasteiger partial charge in [-0.25, -0.2) is 4.98 Å². The molecule has 0 N–H and O–H groups in total. The number of para-hydroxylation sites is 1. The van der Waals surface area contributed by atoms with Crippen LogP contribution in [0.4, 0.5) is 0 Å². The van der Waals surface area contributed by atoms with E-state index in [0.29, 0.717) is 5.88 Å². The molecule has 2 rings (SSSR count). The van der Waals surface area contributed by atoms with Crippen molar-refractivity contribution >= 4 is 44.9 Å². The zero-order valence-corrected chi connectivity index (χ0v) is 11.3. The molecule has 0 unspecified atom stereocenters. The van der Waals surface area contributed by atoms with Gasteiger partial charge >= 0.3 is 0 Å². The molecule has 0 amide bonds. The number of halogens is 1. The van der Waals surface area contributed by atoms with Gasteiger partial charge in [0.25, 0.3) is 0 Å². The second-order valence-corrected chi connectivity index (χ2v) is 6.01. The number of hydrogen-bond donors (Lipinski definition) is 0. The Morgan fingerprint density at radius 3 is 3.06 bits per heavy atom. The summed E-state index contributed by atoms with van der Waals surface area (Å²) in [7, 11) is 0. The smallest absolute Gasteiger partial charge is 0.151 e. The van der Waals surface area contributed by atoms with Gasteiger partial charge in [0.05, 0.1) is 10.2 Å². The van der Waals surface area contributed by atoms with Gasteiger partial charge < -0.3 is 0 Å². The van der Waals surface area contributed by atoms with E-state index in [4.69, 9.17) is 11.6 Å². The highest BCUT2D eigenvalue weighted by Gasteiger charge is 2.02. The fraction of sp³-hybridized carbons (Fsp3) is 0.250. The minimum Gasteiger partial charge on any atom is -0.230 e. The van der Waals surface area contributed by atoms with Crippen LogP contribution in [0, 0.1) is 0 Å². The average molecular weight is 270 g/mol. The fourth-order valence-electron chi connectivity index (χ4n) is 1.22. The molecule has 16 heavy (non-hydrogen) atoms. The van der Waals surface area contributed by atoms with Gasteiger partial charge in [0.1, 0.15) is 0 Å².